The van der Waals surface area contributed by atoms with Crippen molar-refractivity contribution in [3.63, 3.8) is 0 Å². The zero-order valence-electron chi connectivity index (χ0n) is 17.7. The SMILES string of the molecule is CC.CCC(=O)C1CCC(C)CC1.O=CN1CCC2(CCNCC2)CC1. The normalized spacial score (nSPS) is 27.5. The van der Waals surface area contributed by atoms with Crippen molar-refractivity contribution in [3.05, 3.63) is 0 Å². The lowest BCUT2D eigenvalue weighted by Gasteiger charge is -2.43. The summed E-state index contributed by atoms with van der Waals surface area (Å²) in [5, 5.41) is 3.40. The summed E-state index contributed by atoms with van der Waals surface area (Å²) in [6.45, 7) is 12.5. The number of piperidine rings is 2. The maximum atomic E-state index is 11.3. The van der Waals surface area contributed by atoms with E-state index in [1.165, 1.54) is 51.6 Å². The highest BCUT2D eigenvalue weighted by atomic mass is 16.1. The number of nitrogens with zero attached hydrogens (tertiary/aromatic N) is 1. The zero-order valence-corrected chi connectivity index (χ0v) is 17.7. The lowest BCUT2D eigenvalue weighted by atomic mass is 9.72. The van der Waals surface area contributed by atoms with Gasteiger partial charge >= 0.3 is 0 Å². The van der Waals surface area contributed by atoms with Gasteiger partial charge in [0.1, 0.15) is 5.78 Å². The number of carbonyl (C=O) groups is 2. The topological polar surface area (TPSA) is 49.4 Å². The summed E-state index contributed by atoms with van der Waals surface area (Å²) in [4.78, 5) is 23.7. The van der Waals surface area contributed by atoms with Gasteiger partial charge in [-0.2, -0.15) is 0 Å². The van der Waals surface area contributed by atoms with E-state index in [1.807, 2.05) is 25.7 Å². The second-order valence-corrected chi connectivity index (χ2v) is 8.17. The third kappa shape index (κ3) is 7.38. The molecule has 1 saturated carbocycles. The van der Waals surface area contributed by atoms with E-state index in [9.17, 15) is 9.59 Å². The maximum Gasteiger partial charge on any atom is 0.209 e. The highest BCUT2D eigenvalue weighted by molar-refractivity contribution is 5.80. The molecule has 1 spiro atoms. The first-order chi connectivity index (χ1) is 12.6. The number of hydrogen-bond acceptors (Lipinski definition) is 3. The largest absolute Gasteiger partial charge is 0.345 e. The molecule has 2 aliphatic heterocycles. The first kappa shape index (κ1) is 23.1. The van der Waals surface area contributed by atoms with Crippen LogP contribution in [-0.2, 0) is 9.59 Å². The quantitative estimate of drug-likeness (QED) is 0.752. The summed E-state index contributed by atoms with van der Waals surface area (Å²) in [6, 6.07) is 0. The third-order valence-corrected chi connectivity index (χ3v) is 6.49. The lowest BCUT2D eigenvalue weighted by molar-refractivity contribution is -0.123. The van der Waals surface area contributed by atoms with Gasteiger partial charge in [-0.1, -0.05) is 40.5 Å². The molecule has 3 aliphatic rings. The van der Waals surface area contributed by atoms with Crippen LogP contribution in [0.5, 0.6) is 0 Å². The molecule has 3 rings (SSSR count). The average Bonchev–Trinajstić information content (AvgIpc) is 2.71. The molecule has 0 bridgehead atoms. The molecular weight excluding hydrogens is 324 g/mol. The standard InChI is InChI=1S/C10H18N2O.C10H18O.C2H6/c13-9-12-7-3-10(4-8-12)1-5-11-6-2-10;1-3-10(11)9-6-4-8(2)5-7-9;1-2/h9,11H,1-8H2;8-9H,3-7H2,1-2H3;1-2H3. The Bertz CT molecular complexity index is 387. The van der Waals surface area contributed by atoms with Gasteiger partial charge in [0, 0.05) is 25.4 Å². The second kappa shape index (κ2) is 12.5. The molecule has 2 saturated heterocycles. The number of likely N-dealkylation sites (tertiary alicyclic amines) is 1. The maximum absolute atomic E-state index is 11.3. The van der Waals surface area contributed by atoms with Crippen molar-refractivity contribution in [2.45, 2.75) is 85.5 Å². The predicted octanol–water partition coefficient (Wildman–Crippen LogP) is 4.43. The third-order valence-electron chi connectivity index (χ3n) is 6.49. The minimum Gasteiger partial charge on any atom is -0.345 e. The Morgan fingerprint density at radius 3 is 2.04 bits per heavy atom. The van der Waals surface area contributed by atoms with Crippen LogP contribution in [0.4, 0.5) is 0 Å². The van der Waals surface area contributed by atoms with Crippen molar-refractivity contribution in [2.75, 3.05) is 26.2 Å². The summed E-state index contributed by atoms with van der Waals surface area (Å²) in [5.41, 5.74) is 0.574. The van der Waals surface area contributed by atoms with Gasteiger partial charge in [-0.25, -0.2) is 0 Å². The molecule has 0 unspecified atom stereocenters. The fourth-order valence-electron chi connectivity index (χ4n) is 4.43. The van der Waals surface area contributed by atoms with Crippen molar-refractivity contribution in [2.24, 2.45) is 17.3 Å². The van der Waals surface area contributed by atoms with E-state index in [2.05, 4.69) is 12.2 Å². The molecule has 26 heavy (non-hydrogen) atoms. The van der Waals surface area contributed by atoms with Crippen molar-refractivity contribution >= 4 is 12.2 Å². The molecular formula is C22H42N2O2. The lowest BCUT2D eigenvalue weighted by Crippen LogP contribution is -2.45. The van der Waals surface area contributed by atoms with E-state index in [4.69, 9.17) is 0 Å². The van der Waals surface area contributed by atoms with Gasteiger partial charge in [-0.05, 0) is 62.9 Å². The minimum absolute atomic E-state index is 0.413. The van der Waals surface area contributed by atoms with Crippen LogP contribution in [0.15, 0.2) is 0 Å². The summed E-state index contributed by atoms with van der Waals surface area (Å²) in [6.07, 6.45) is 11.6. The van der Waals surface area contributed by atoms with Crippen LogP contribution in [-0.4, -0.2) is 43.3 Å². The van der Waals surface area contributed by atoms with Crippen LogP contribution in [0.2, 0.25) is 0 Å². The number of nitrogens with one attached hydrogen (secondary N) is 1. The van der Waals surface area contributed by atoms with E-state index < -0.39 is 0 Å². The van der Waals surface area contributed by atoms with E-state index in [0.29, 0.717) is 17.1 Å². The van der Waals surface area contributed by atoms with Crippen LogP contribution < -0.4 is 5.32 Å². The molecule has 0 radical (unpaired) electrons. The summed E-state index contributed by atoms with van der Waals surface area (Å²) < 4.78 is 0. The Kier molecular flexibility index (Phi) is 11.1. The number of ketones is 1. The number of Topliss-reactive ketones (excluding diaryl/α,β-unsaturated/α-hetero) is 1. The Balaban J connectivity index is 0.000000241. The number of carbonyl (C=O) groups excluding carboxylic acids is 2. The van der Waals surface area contributed by atoms with Crippen molar-refractivity contribution < 1.29 is 9.59 Å². The molecule has 1 aliphatic carbocycles. The van der Waals surface area contributed by atoms with Crippen LogP contribution in [0.25, 0.3) is 0 Å². The van der Waals surface area contributed by atoms with Gasteiger partial charge in [-0.3, -0.25) is 9.59 Å². The smallest absolute Gasteiger partial charge is 0.209 e. The molecule has 2 heterocycles. The van der Waals surface area contributed by atoms with E-state index in [-0.39, 0.29) is 0 Å². The van der Waals surface area contributed by atoms with E-state index in [0.717, 1.165) is 44.7 Å². The van der Waals surface area contributed by atoms with Gasteiger partial charge in [0.25, 0.3) is 0 Å². The fourth-order valence-corrected chi connectivity index (χ4v) is 4.43. The second-order valence-electron chi connectivity index (χ2n) is 8.17. The Morgan fingerprint density at radius 2 is 1.58 bits per heavy atom. The Morgan fingerprint density at radius 1 is 1.04 bits per heavy atom. The van der Waals surface area contributed by atoms with Crippen LogP contribution in [0.1, 0.15) is 85.5 Å². The number of rotatable bonds is 3. The van der Waals surface area contributed by atoms with Crippen molar-refractivity contribution in [3.8, 4) is 0 Å². The molecule has 3 fully saturated rings. The molecule has 1 N–H and O–H groups in total. The molecule has 152 valence electrons. The zero-order chi connectivity index (χ0) is 19.4. The molecule has 4 nitrogen and oxygen atoms in total. The van der Waals surface area contributed by atoms with Gasteiger partial charge < -0.3 is 10.2 Å². The first-order valence-electron chi connectivity index (χ1n) is 11.0. The van der Waals surface area contributed by atoms with E-state index >= 15 is 0 Å². The molecule has 4 heteroatoms. The summed E-state index contributed by atoms with van der Waals surface area (Å²) >= 11 is 0. The van der Waals surface area contributed by atoms with Crippen molar-refractivity contribution in [1.29, 1.82) is 0 Å². The van der Waals surface area contributed by atoms with Gasteiger partial charge in [-0.15, -0.1) is 0 Å². The fraction of sp³-hybridized carbons (Fsp3) is 0.909. The Hall–Kier alpha value is -0.900. The molecule has 0 aromatic heterocycles. The number of hydrogen-bond donors (Lipinski definition) is 1. The number of amides is 1. The highest BCUT2D eigenvalue weighted by Gasteiger charge is 2.34. The van der Waals surface area contributed by atoms with Crippen LogP contribution in [0, 0.1) is 17.3 Å². The van der Waals surface area contributed by atoms with Gasteiger partial charge in [0.15, 0.2) is 0 Å². The molecule has 0 aromatic carbocycles. The van der Waals surface area contributed by atoms with Crippen molar-refractivity contribution in [1.82, 2.24) is 10.2 Å². The average molecular weight is 367 g/mol. The Labute approximate surface area is 161 Å². The van der Waals surface area contributed by atoms with E-state index in [1.54, 1.807) is 0 Å². The van der Waals surface area contributed by atoms with Gasteiger partial charge in [0.05, 0.1) is 0 Å². The molecule has 0 aromatic rings. The first-order valence-corrected chi connectivity index (χ1v) is 11.0. The monoisotopic (exact) mass is 366 g/mol. The summed E-state index contributed by atoms with van der Waals surface area (Å²) in [5.74, 6) is 1.75. The summed E-state index contributed by atoms with van der Waals surface area (Å²) in [7, 11) is 0. The van der Waals surface area contributed by atoms with Gasteiger partial charge in [0.2, 0.25) is 6.41 Å². The molecule has 0 atom stereocenters. The van der Waals surface area contributed by atoms with Crippen LogP contribution >= 0.6 is 0 Å². The minimum atomic E-state index is 0.413. The molecule has 1 amide bonds. The predicted molar refractivity (Wildman–Crippen MR) is 109 cm³/mol. The van der Waals surface area contributed by atoms with Crippen LogP contribution in [0.3, 0.4) is 0 Å². The highest BCUT2D eigenvalue weighted by Crippen LogP contribution is 2.39.